The molecule has 3 aromatic rings. The molecule has 1 aliphatic heterocycles. The third-order valence-electron chi connectivity index (χ3n) is 6.35. The summed E-state index contributed by atoms with van der Waals surface area (Å²) in [6.45, 7) is 1.74. The van der Waals surface area contributed by atoms with Crippen LogP contribution in [0.1, 0.15) is 46.1 Å². The van der Waals surface area contributed by atoms with E-state index in [1.165, 1.54) is 11.3 Å². The van der Waals surface area contributed by atoms with E-state index in [-0.39, 0.29) is 23.0 Å². The molecule has 2 aliphatic rings. The Morgan fingerprint density at radius 2 is 2.03 bits per heavy atom. The first-order valence-corrected chi connectivity index (χ1v) is 13.7. The SMILES string of the molecule is CN1CCc2nc(C(=O)N[C@@H]3CCCC[C@H]3NS(=O)(=O)c3cc4cc(Cl)ccc4[nH]3)sc2C1. The molecule has 0 unspecified atom stereocenters. The summed E-state index contributed by atoms with van der Waals surface area (Å²) in [6.07, 6.45) is 4.06. The van der Waals surface area contributed by atoms with Crippen LogP contribution in [0.2, 0.25) is 5.02 Å². The Labute approximate surface area is 201 Å². The largest absolute Gasteiger partial charge is 0.346 e. The van der Waals surface area contributed by atoms with Crippen LogP contribution in [-0.4, -0.2) is 54.9 Å². The number of sulfonamides is 1. The fraction of sp³-hybridized carbons (Fsp3) is 0.455. The Morgan fingerprint density at radius 1 is 1.24 bits per heavy atom. The number of aromatic amines is 1. The highest BCUT2D eigenvalue weighted by Crippen LogP contribution is 2.27. The van der Waals surface area contributed by atoms with Crippen LogP contribution in [0.25, 0.3) is 10.9 Å². The molecule has 0 saturated heterocycles. The first-order chi connectivity index (χ1) is 15.8. The van der Waals surface area contributed by atoms with Gasteiger partial charge < -0.3 is 15.2 Å². The zero-order valence-corrected chi connectivity index (χ0v) is 20.6. The van der Waals surface area contributed by atoms with Crippen molar-refractivity contribution in [1.82, 2.24) is 24.9 Å². The van der Waals surface area contributed by atoms with Gasteiger partial charge >= 0.3 is 0 Å². The lowest BCUT2D eigenvalue weighted by Crippen LogP contribution is -2.53. The molecule has 33 heavy (non-hydrogen) atoms. The molecule has 1 aromatic carbocycles. The number of thiazole rings is 1. The number of carbonyl (C=O) groups excluding carboxylic acids is 1. The van der Waals surface area contributed by atoms with Crippen molar-refractivity contribution in [1.29, 1.82) is 0 Å². The predicted octanol–water partition coefficient (Wildman–Crippen LogP) is 3.29. The van der Waals surface area contributed by atoms with Crippen LogP contribution >= 0.6 is 22.9 Å². The second-order valence-corrected chi connectivity index (χ2v) is 12.0. The van der Waals surface area contributed by atoms with Gasteiger partial charge in [0.25, 0.3) is 15.9 Å². The van der Waals surface area contributed by atoms with Crippen molar-refractivity contribution in [3.05, 3.63) is 44.9 Å². The van der Waals surface area contributed by atoms with Crippen molar-refractivity contribution in [2.24, 2.45) is 0 Å². The molecule has 3 heterocycles. The van der Waals surface area contributed by atoms with Gasteiger partial charge in [-0.15, -0.1) is 11.3 Å². The van der Waals surface area contributed by atoms with E-state index in [9.17, 15) is 13.2 Å². The number of fused-ring (bicyclic) bond motifs is 2. The number of likely N-dealkylation sites (N-methyl/N-ethyl adjacent to an activating group) is 1. The predicted molar refractivity (Wildman–Crippen MR) is 129 cm³/mol. The van der Waals surface area contributed by atoms with E-state index in [0.717, 1.165) is 54.7 Å². The van der Waals surface area contributed by atoms with Gasteiger partial charge in [0.15, 0.2) is 5.01 Å². The van der Waals surface area contributed by atoms with Crippen molar-refractivity contribution < 1.29 is 13.2 Å². The van der Waals surface area contributed by atoms with Crippen molar-refractivity contribution in [3.63, 3.8) is 0 Å². The Balaban J connectivity index is 1.31. The molecule has 3 N–H and O–H groups in total. The highest BCUT2D eigenvalue weighted by atomic mass is 35.5. The van der Waals surface area contributed by atoms with Crippen molar-refractivity contribution in [3.8, 4) is 0 Å². The Morgan fingerprint density at radius 3 is 2.85 bits per heavy atom. The van der Waals surface area contributed by atoms with Gasteiger partial charge in [0.05, 0.1) is 5.69 Å². The third kappa shape index (κ3) is 4.81. The van der Waals surface area contributed by atoms with Gasteiger partial charge in [0.1, 0.15) is 5.03 Å². The summed E-state index contributed by atoms with van der Waals surface area (Å²) in [5.74, 6) is -0.228. The second kappa shape index (κ2) is 8.99. The summed E-state index contributed by atoms with van der Waals surface area (Å²) in [5, 5.41) is 4.87. The quantitative estimate of drug-likeness (QED) is 0.491. The molecule has 2 aromatic heterocycles. The number of amides is 1. The van der Waals surface area contributed by atoms with E-state index in [0.29, 0.717) is 22.0 Å². The maximum atomic E-state index is 13.1. The fourth-order valence-electron chi connectivity index (χ4n) is 4.58. The number of nitrogens with zero attached hydrogens (tertiary/aromatic N) is 2. The summed E-state index contributed by atoms with van der Waals surface area (Å²) >= 11 is 7.46. The van der Waals surface area contributed by atoms with Crippen LogP contribution in [-0.2, 0) is 23.0 Å². The van der Waals surface area contributed by atoms with E-state index in [1.54, 1.807) is 24.3 Å². The minimum atomic E-state index is -3.79. The maximum Gasteiger partial charge on any atom is 0.280 e. The second-order valence-electron chi connectivity index (χ2n) is 8.83. The van der Waals surface area contributed by atoms with Gasteiger partial charge in [-0.1, -0.05) is 24.4 Å². The highest BCUT2D eigenvalue weighted by Gasteiger charge is 2.32. The standard InChI is InChI=1S/C22H26ClN5O3S2/c1-28-9-8-18-19(12-28)32-22(26-18)21(29)25-16-4-2-3-5-17(16)27-33(30,31)20-11-13-10-14(23)6-7-15(13)24-20/h6-7,10-11,16-17,24,27H,2-5,8-9,12H2,1H3,(H,25,29)/t16-,17-/m1/s1. The average molecular weight is 508 g/mol. The fourth-order valence-corrected chi connectivity index (χ4v) is 7.19. The zero-order valence-electron chi connectivity index (χ0n) is 18.2. The first-order valence-electron chi connectivity index (χ1n) is 11.1. The minimum absolute atomic E-state index is 0.0899. The lowest BCUT2D eigenvalue weighted by atomic mass is 9.91. The molecule has 1 amide bonds. The van der Waals surface area contributed by atoms with Crippen molar-refractivity contribution in [2.45, 2.75) is 55.8 Å². The molecule has 1 saturated carbocycles. The van der Waals surface area contributed by atoms with Gasteiger partial charge in [-0.2, -0.15) is 0 Å². The highest BCUT2D eigenvalue weighted by molar-refractivity contribution is 7.89. The summed E-state index contributed by atoms with van der Waals surface area (Å²) < 4.78 is 29.1. The van der Waals surface area contributed by atoms with Crippen molar-refractivity contribution >= 4 is 49.8 Å². The van der Waals surface area contributed by atoms with Crippen molar-refractivity contribution in [2.75, 3.05) is 13.6 Å². The van der Waals surface area contributed by atoms with Gasteiger partial charge in [-0.3, -0.25) is 4.79 Å². The Hall–Kier alpha value is -1.98. The number of H-pyrrole nitrogens is 1. The van der Waals surface area contributed by atoms with Gasteiger partial charge in [-0.05, 0) is 44.2 Å². The normalized spacial score (nSPS) is 21.8. The van der Waals surface area contributed by atoms with Crippen LogP contribution in [0.4, 0.5) is 0 Å². The molecule has 11 heteroatoms. The number of halogens is 1. The van der Waals surface area contributed by atoms with Crippen LogP contribution in [0, 0.1) is 0 Å². The molecule has 1 aliphatic carbocycles. The van der Waals surface area contributed by atoms with Gasteiger partial charge in [0, 0.05) is 52.4 Å². The lowest BCUT2D eigenvalue weighted by molar-refractivity contribution is 0.0918. The monoisotopic (exact) mass is 507 g/mol. The molecule has 8 nitrogen and oxygen atoms in total. The van der Waals surface area contributed by atoms with Gasteiger partial charge in [-0.25, -0.2) is 18.1 Å². The number of aromatic nitrogens is 2. The van der Waals surface area contributed by atoms with Gasteiger partial charge in [0.2, 0.25) is 0 Å². The average Bonchev–Trinajstić information content (AvgIpc) is 3.39. The zero-order chi connectivity index (χ0) is 23.2. The topological polar surface area (TPSA) is 107 Å². The molecule has 0 radical (unpaired) electrons. The smallest absolute Gasteiger partial charge is 0.280 e. The number of nitrogens with one attached hydrogen (secondary N) is 3. The number of carbonyl (C=O) groups is 1. The summed E-state index contributed by atoms with van der Waals surface area (Å²) in [6, 6.07) is 6.10. The number of hydrogen-bond donors (Lipinski definition) is 3. The molecule has 5 rings (SSSR count). The molecule has 0 bridgehead atoms. The number of hydrogen-bond acceptors (Lipinski definition) is 6. The van der Waals surface area contributed by atoms with E-state index >= 15 is 0 Å². The lowest BCUT2D eigenvalue weighted by Gasteiger charge is -2.32. The van der Waals surface area contributed by atoms with Crippen LogP contribution in [0.15, 0.2) is 29.3 Å². The van der Waals surface area contributed by atoms with Crippen LogP contribution in [0.5, 0.6) is 0 Å². The molecular weight excluding hydrogens is 482 g/mol. The molecule has 1 fully saturated rings. The summed E-state index contributed by atoms with van der Waals surface area (Å²) in [4.78, 5) is 23.8. The summed E-state index contributed by atoms with van der Waals surface area (Å²) in [7, 11) is -1.74. The maximum absolute atomic E-state index is 13.1. The minimum Gasteiger partial charge on any atom is -0.346 e. The summed E-state index contributed by atoms with van der Waals surface area (Å²) in [5.41, 5.74) is 1.70. The third-order valence-corrected chi connectivity index (χ3v) is 9.08. The first kappa shape index (κ1) is 22.8. The van der Waals surface area contributed by atoms with E-state index in [1.807, 2.05) is 0 Å². The molecule has 2 atom stereocenters. The van der Waals surface area contributed by atoms with Crippen LogP contribution < -0.4 is 10.0 Å². The Kier molecular flexibility index (Phi) is 6.21. The molecular formula is C22H26ClN5O3S2. The van der Waals surface area contributed by atoms with E-state index in [4.69, 9.17) is 11.6 Å². The number of benzene rings is 1. The van der Waals surface area contributed by atoms with Crippen LogP contribution in [0.3, 0.4) is 0 Å². The van der Waals surface area contributed by atoms with E-state index in [2.05, 4.69) is 32.0 Å². The Bertz CT molecular complexity index is 1300. The molecule has 176 valence electrons. The molecule has 0 spiro atoms. The van der Waals surface area contributed by atoms with E-state index < -0.39 is 10.0 Å². The number of rotatable bonds is 5.